The summed E-state index contributed by atoms with van der Waals surface area (Å²) in [7, 11) is 0. The Morgan fingerprint density at radius 2 is 1.62 bits per heavy atom. The summed E-state index contributed by atoms with van der Waals surface area (Å²) in [4.78, 5) is 4.01. The molecule has 3 aromatic rings. The second-order valence-electron chi connectivity index (χ2n) is 5.17. The number of pyridine rings is 1. The Hall–Kier alpha value is -2.23. The minimum Gasteiger partial charge on any atom is -0.388 e. The third-order valence-electron chi connectivity index (χ3n) is 3.88. The maximum atomic E-state index is 10.7. The van der Waals surface area contributed by atoms with Gasteiger partial charge in [0.2, 0.25) is 0 Å². The fourth-order valence-electron chi connectivity index (χ4n) is 2.68. The molecule has 0 bridgehead atoms. The van der Waals surface area contributed by atoms with Crippen molar-refractivity contribution in [3.05, 3.63) is 78.1 Å². The molecule has 2 aromatic carbocycles. The molecule has 0 radical (unpaired) electrons. The third kappa shape index (κ3) is 2.79. The van der Waals surface area contributed by atoms with E-state index in [1.807, 2.05) is 42.5 Å². The molecule has 0 amide bonds. The number of aromatic nitrogens is 1. The lowest BCUT2D eigenvalue weighted by molar-refractivity contribution is 0.147. The fraction of sp³-hybridized carbons (Fsp3) is 0.167. The summed E-state index contributed by atoms with van der Waals surface area (Å²) < 4.78 is 0. The number of hydrogen-bond donors (Lipinski definition) is 2. The van der Waals surface area contributed by atoms with Gasteiger partial charge in [-0.25, -0.2) is 0 Å². The van der Waals surface area contributed by atoms with E-state index in [1.165, 1.54) is 5.39 Å². The van der Waals surface area contributed by atoms with Crippen LogP contribution in [0.15, 0.2) is 67.0 Å². The minimum atomic E-state index is -0.623. The summed E-state index contributed by atoms with van der Waals surface area (Å²) in [5.41, 5.74) is 7.77. The van der Waals surface area contributed by atoms with Crippen molar-refractivity contribution in [1.29, 1.82) is 0 Å². The summed E-state index contributed by atoms with van der Waals surface area (Å²) in [6, 6.07) is 18.0. The van der Waals surface area contributed by atoms with E-state index in [4.69, 9.17) is 5.73 Å². The van der Waals surface area contributed by atoms with E-state index in [-0.39, 0.29) is 5.92 Å². The summed E-state index contributed by atoms with van der Waals surface area (Å²) in [5, 5.41) is 13.0. The first kappa shape index (κ1) is 13.7. The van der Waals surface area contributed by atoms with Crippen molar-refractivity contribution >= 4 is 10.8 Å². The molecule has 0 aliphatic rings. The molecule has 0 saturated carbocycles. The zero-order chi connectivity index (χ0) is 14.7. The maximum Gasteiger partial charge on any atom is 0.0870 e. The molecular weight excluding hydrogens is 260 g/mol. The van der Waals surface area contributed by atoms with Gasteiger partial charge in [-0.1, -0.05) is 36.4 Å². The van der Waals surface area contributed by atoms with Crippen molar-refractivity contribution in [3.63, 3.8) is 0 Å². The maximum absolute atomic E-state index is 10.7. The average Bonchev–Trinajstić information content (AvgIpc) is 2.56. The fourth-order valence-corrected chi connectivity index (χ4v) is 2.68. The second kappa shape index (κ2) is 6.04. The van der Waals surface area contributed by atoms with Crippen LogP contribution in [-0.2, 0) is 0 Å². The van der Waals surface area contributed by atoms with Gasteiger partial charge in [0.25, 0.3) is 0 Å². The largest absolute Gasteiger partial charge is 0.388 e. The van der Waals surface area contributed by atoms with Crippen LogP contribution in [0.3, 0.4) is 0 Å². The Labute approximate surface area is 124 Å². The SMILES string of the molecule is NCC(c1ccncc1)C(O)c1ccc2ccccc2c1. The predicted molar refractivity (Wildman–Crippen MR) is 84.9 cm³/mol. The Morgan fingerprint density at radius 3 is 2.33 bits per heavy atom. The molecule has 0 saturated heterocycles. The van der Waals surface area contributed by atoms with Crippen LogP contribution in [0.5, 0.6) is 0 Å². The number of nitrogens with zero attached hydrogens (tertiary/aromatic N) is 1. The van der Waals surface area contributed by atoms with Gasteiger partial charge in [0.1, 0.15) is 0 Å². The predicted octanol–water partition coefficient (Wildman–Crippen LogP) is 3.01. The average molecular weight is 278 g/mol. The van der Waals surface area contributed by atoms with Crippen LogP contribution in [0.1, 0.15) is 23.1 Å². The third-order valence-corrected chi connectivity index (χ3v) is 3.88. The van der Waals surface area contributed by atoms with E-state index in [2.05, 4.69) is 17.1 Å². The lowest BCUT2D eigenvalue weighted by Gasteiger charge is -2.22. The minimum absolute atomic E-state index is 0.130. The lowest BCUT2D eigenvalue weighted by atomic mass is 9.89. The molecule has 3 heteroatoms. The molecule has 1 heterocycles. The molecule has 3 nitrogen and oxygen atoms in total. The standard InChI is InChI=1S/C18H18N2O/c19-12-17(14-7-9-20-10-8-14)18(21)16-6-5-13-3-1-2-4-15(13)11-16/h1-11,17-18,21H,12,19H2. The van der Waals surface area contributed by atoms with E-state index < -0.39 is 6.10 Å². The molecule has 2 unspecified atom stereocenters. The van der Waals surface area contributed by atoms with Crippen LogP contribution >= 0.6 is 0 Å². The van der Waals surface area contributed by atoms with Crippen molar-refractivity contribution in [2.45, 2.75) is 12.0 Å². The lowest BCUT2D eigenvalue weighted by Crippen LogP contribution is -2.20. The topological polar surface area (TPSA) is 59.1 Å². The van der Waals surface area contributed by atoms with Gasteiger partial charge in [-0.15, -0.1) is 0 Å². The van der Waals surface area contributed by atoms with Crippen LogP contribution in [0.4, 0.5) is 0 Å². The summed E-state index contributed by atoms with van der Waals surface area (Å²) in [5.74, 6) is -0.130. The summed E-state index contributed by atoms with van der Waals surface area (Å²) in [6.45, 7) is 0.387. The number of aliphatic hydroxyl groups is 1. The summed E-state index contributed by atoms with van der Waals surface area (Å²) >= 11 is 0. The van der Waals surface area contributed by atoms with Crippen molar-refractivity contribution in [2.75, 3.05) is 6.54 Å². The number of hydrogen-bond acceptors (Lipinski definition) is 3. The molecule has 0 aliphatic heterocycles. The number of aliphatic hydroxyl groups excluding tert-OH is 1. The van der Waals surface area contributed by atoms with Crippen LogP contribution in [0.2, 0.25) is 0 Å². The van der Waals surface area contributed by atoms with Crippen LogP contribution in [-0.4, -0.2) is 16.6 Å². The normalized spacial score (nSPS) is 14.0. The molecule has 0 aliphatic carbocycles. The Kier molecular flexibility index (Phi) is 3.95. The van der Waals surface area contributed by atoms with E-state index in [0.29, 0.717) is 6.54 Å². The highest BCUT2D eigenvalue weighted by atomic mass is 16.3. The van der Waals surface area contributed by atoms with Gasteiger partial charge in [-0.3, -0.25) is 4.98 Å². The highest BCUT2D eigenvalue weighted by Crippen LogP contribution is 2.31. The first-order chi connectivity index (χ1) is 10.3. The van der Waals surface area contributed by atoms with Gasteiger partial charge in [0, 0.05) is 24.9 Å². The molecule has 1 aromatic heterocycles. The van der Waals surface area contributed by atoms with Gasteiger partial charge >= 0.3 is 0 Å². The van der Waals surface area contributed by atoms with Gasteiger partial charge < -0.3 is 10.8 Å². The van der Waals surface area contributed by atoms with Gasteiger partial charge in [-0.2, -0.15) is 0 Å². The van der Waals surface area contributed by atoms with E-state index in [1.54, 1.807) is 12.4 Å². The monoisotopic (exact) mass is 278 g/mol. The number of rotatable bonds is 4. The first-order valence-corrected chi connectivity index (χ1v) is 7.06. The van der Waals surface area contributed by atoms with Crippen molar-refractivity contribution in [1.82, 2.24) is 4.98 Å². The molecule has 3 rings (SSSR count). The van der Waals surface area contributed by atoms with Crippen molar-refractivity contribution in [2.24, 2.45) is 5.73 Å². The van der Waals surface area contributed by atoms with Gasteiger partial charge in [0.15, 0.2) is 0 Å². The van der Waals surface area contributed by atoms with E-state index in [0.717, 1.165) is 16.5 Å². The number of nitrogens with two attached hydrogens (primary N) is 1. The molecule has 106 valence electrons. The molecule has 2 atom stereocenters. The van der Waals surface area contributed by atoms with Crippen LogP contribution in [0.25, 0.3) is 10.8 Å². The zero-order valence-corrected chi connectivity index (χ0v) is 11.7. The zero-order valence-electron chi connectivity index (χ0n) is 11.7. The Morgan fingerprint density at radius 1 is 0.905 bits per heavy atom. The van der Waals surface area contributed by atoms with Crippen LogP contribution < -0.4 is 5.73 Å². The number of benzene rings is 2. The molecule has 0 fully saturated rings. The van der Waals surface area contributed by atoms with Gasteiger partial charge in [0.05, 0.1) is 6.10 Å². The highest BCUT2D eigenvalue weighted by molar-refractivity contribution is 5.83. The smallest absolute Gasteiger partial charge is 0.0870 e. The summed E-state index contributed by atoms with van der Waals surface area (Å²) in [6.07, 6.45) is 2.83. The molecule has 3 N–H and O–H groups in total. The molecular formula is C18H18N2O. The number of fused-ring (bicyclic) bond motifs is 1. The Bertz CT molecular complexity index is 727. The van der Waals surface area contributed by atoms with Crippen LogP contribution in [0, 0.1) is 0 Å². The molecule has 0 spiro atoms. The second-order valence-corrected chi connectivity index (χ2v) is 5.17. The quantitative estimate of drug-likeness (QED) is 0.771. The first-order valence-electron chi connectivity index (χ1n) is 7.06. The van der Waals surface area contributed by atoms with E-state index in [9.17, 15) is 5.11 Å². The van der Waals surface area contributed by atoms with Gasteiger partial charge in [-0.05, 0) is 40.1 Å². The Balaban J connectivity index is 1.96. The van der Waals surface area contributed by atoms with Crippen molar-refractivity contribution in [3.8, 4) is 0 Å². The highest BCUT2D eigenvalue weighted by Gasteiger charge is 2.21. The van der Waals surface area contributed by atoms with E-state index >= 15 is 0 Å². The van der Waals surface area contributed by atoms with Crippen molar-refractivity contribution < 1.29 is 5.11 Å². The molecule has 21 heavy (non-hydrogen) atoms.